The molecule has 22 heavy (non-hydrogen) atoms. The lowest BCUT2D eigenvalue weighted by Gasteiger charge is -2.13. The molecule has 2 rings (SSSR count). The largest absolute Gasteiger partial charge is 0.508 e. The van der Waals surface area contributed by atoms with E-state index in [0.717, 1.165) is 5.56 Å². The predicted molar refractivity (Wildman–Crippen MR) is 84.7 cm³/mol. The van der Waals surface area contributed by atoms with Gasteiger partial charge in [0, 0.05) is 0 Å². The summed E-state index contributed by atoms with van der Waals surface area (Å²) < 4.78 is 0. The molecular formula is C18H16N2O2. The third-order valence-electron chi connectivity index (χ3n) is 3.22. The number of phenolic OH excluding ortho intramolecular Hbond substituents is 1. The van der Waals surface area contributed by atoms with Gasteiger partial charge in [-0.2, -0.15) is 5.26 Å². The number of benzene rings is 2. The van der Waals surface area contributed by atoms with Crippen molar-refractivity contribution in [2.75, 3.05) is 0 Å². The second-order valence-corrected chi connectivity index (χ2v) is 4.87. The highest BCUT2D eigenvalue weighted by atomic mass is 16.3. The molecule has 0 aromatic heterocycles. The van der Waals surface area contributed by atoms with Gasteiger partial charge in [-0.15, -0.1) is 0 Å². The zero-order chi connectivity index (χ0) is 15.9. The van der Waals surface area contributed by atoms with Gasteiger partial charge in [-0.1, -0.05) is 42.5 Å². The molecular weight excluding hydrogens is 276 g/mol. The van der Waals surface area contributed by atoms with Crippen molar-refractivity contribution in [3.63, 3.8) is 0 Å². The van der Waals surface area contributed by atoms with Gasteiger partial charge >= 0.3 is 0 Å². The van der Waals surface area contributed by atoms with E-state index < -0.39 is 5.91 Å². The number of rotatable bonds is 4. The maximum absolute atomic E-state index is 12.2. The van der Waals surface area contributed by atoms with Gasteiger partial charge in [0.05, 0.1) is 6.04 Å². The SMILES string of the molecule is C[C@H](NC(=O)/C(C#N)=C/c1ccc(O)cc1)c1ccccc1. The van der Waals surface area contributed by atoms with E-state index in [-0.39, 0.29) is 17.4 Å². The molecule has 2 aromatic carbocycles. The molecule has 0 fully saturated rings. The number of hydrogen-bond acceptors (Lipinski definition) is 3. The normalized spacial score (nSPS) is 12.3. The third-order valence-corrected chi connectivity index (χ3v) is 3.22. The van der Waals surface area contributed by atoms with Crippen LogP contribution in [-0.2, 0) is 4.79 Å². The highest BCUT2D eigenvalue weighted by Gasteiger charge is 2.13. The van der Waals surface area contributed by atoms with Crippen LogP contribution in [0.1, 0.15) is 24.1 Å². The van der Waals surface area contributed by atoms with E-state index in [9.17, 15) is 9.90 Å². The van der Waals surface area contributed by atoms with Crippen molar-refractivity contribution in [1.29, 1.82) is 5.26 Å². The monoisotopic (exact) mass is 292 g/mol. The molecule has 2 N–H and O–H groups in total. The number of hydrogen-bond donors (Lipinski definition) is 2. The van der Waals surface area contributed by atoms with Crippen molar-refractivity contribution >= 4 is 12.0 Å². The summed E-state index contributed by atoms with van der Waals surface area (Å²) in [6.07, 6.45) is 1.49. The highest BCUT2D eigenvalue weighted by molar-refractivity contribution is 6.01. The molecule has 0 saturated carbocycles. The first-order chi connectivity index (χ1) is 10.6. The molecule has 2 aromatic rings. The topological polar surface area (TPSA) is 73.1 Å². The average Bonchev–Trinajstić information content (AvgIpc) is 2.55. The van der Waals surface area contributed by atoms with E-state index in [2.05, 4.69) is 5.32 Å². The van der Waals surface area contributed by atoms with Crippen molar-refractivity contribution in [3.05, 3.63) is 71.3 Å². The van der Waals surface area contributed by atoms with Gasteiger partial charge in [0.15, 0.2) is 0 Å². The molecule has 0 radical (unpaired) electrons. The maximum Gasteiger partial charge on any atom is 0.262 e. The predicted octanol–water partition coefficient (Wildman–Crippen LogP) is 3.18. The summed E-state index contributed by atoms with van der Waals surface area (Å²) in [4.78, 5) is 12.2. The first-order valence-electron chi connectivity index (χ1n) is 6.87. The molecule has 110 valence electrons. The molecule has 4 nitrogen and oxygen atoms in total. The quantitative estimate of drug-likeness (QED) is 0.671. The van der Waals surface area contributed by atoms with E-state index in [1.54, 1.807) is 12.1 Å². The molecule has 0 aliphatic heterocycles. The molecule has 1 atom stereocenters. The van der Waals surface area contributed by atoms with Crippen LogP contribution in [0, 0.1) is 11.3 Å². The number of nitrogens with zero attached hydrogens (tertiary/aromatic N) is 1. The van der Waals surface area contributed by atoms with Crippen molar-refractivity contribution in [2.24, 2.45) is 0 Å². The van der Waals surface area contributed by atoms with Crippen LogP contribution in [0.15, 0.2) is 60.2 Å². The van der Waals surface area contributed by atoms with Gasteiger partial charge in [0.2, 0.25) is 0 Å². The fourth-order valence-electron chi connectivity index (χ4n) is 1.99. The number of nitrogens with one attached hydrogen (secondary N) is 1. The van der Waals surface area contributed by atoms with Crippen molar-refractivity contribution in [2.45, 2.75) is 13.0 Å². The van der Waals surface area contributed by atoms with Crippen molar-refractivity contribution < 1.29 is 9.90 Å². The lowest BCUT2D eigenvalue weighted by Crippen LogP contribution is -2.27. The maximum atomic E-state index is 12.2. The van der Waals surface area contributed by atoms with Crippen LogP contribution in [0.25, 0.3) is 6.08 Å². The van der Waals surface area contributed by atoms with Crippen LogP contribution in [0.2, 0.25) is 0 Å². The smallest absolute Gasteiger partial charge is 0.262 e. The molecule has 0 aliphatic carbocycles. The summed E-state index contributed by atoms with van der Waals surface area (Å²) in [5.41, 5.74) is 1.67. The Morgan fingerprint density at radius 3 is 2.41 bits per heavy atom. The Hall–Kier alpha value is -3.06. The molecule has 0 bridgehead atoms. The first-order valence-corrected chi connectivity index (χ1v) is 6.87. The first kappa shape index (κ1) is 15.3. The summed E-state index contributed by atoms with van der Waals surface area (Å²) in [5.74, 6) is -0.287. The second-order valence-electron chi connectivity index (χ2n) is 4.87. The third kappa shape index (κ3) is 3.97. The van der Waals surface area contributed by atoms with E-state index in [1.807, 2.05) is 43.3 Å². The molecule has 0 spiro atoms. The van der Waals surface area contributed by atoms with Crippen molar-refractivity contribution in [3.8, 4) is 11.8 Å². The second kappa shape index (κ2) is 7.09. The Kier molecular flexibility index (Phi) is 4.94. The lowest BCUT2D eigenvalue weighted by molar-refractivity contribution is -0.117. The lowest BCUT2D eigenvalue weighted by atomic mass is 10.1. The van der Waals surface area contributed by atoms with Crippen LogP contribution in [0.3, 0.4) is 0 Å². The summed E-state index contributed by atoms with van der Waals surface area (Å²) in [5, 5.41) is 21.2. The van der Waals surface area contributed by atoms with Gasteiger partial charge < -0.3 is 10.4 Å². The molecule has 1 amide bonds. The zero-order valence-electron chi connectivity index (χ0n) is 12.2. The van der Waals surface area contributed by atoms with E-state index >= 15 is 0 Å². The Morgan fingerprint density at radius 1 is 1.18 bits per heavy atom. The Morgan fingerprint density at radius 2 is 1.82 bits per heavy atom. The number of carbonyl (C=O) groups is 1. The van der Waals surface area contributed by atoms with E-state index in [4.69, 9.17) is 5.26 Å². The van der Waals surface area contributed by atoms with Gasteiger partial charge in [0.25, 0.3) is 5.91 Å². The molecule has 0 aliphatic rings. The number of amides is 1. The summed E-state index contributed by atoms with van der Waals surface area (Å²) in [7, 11) is 0. The number of aromatic hydroxyl groups is 1. The standard InChI is InChI=1S/C18H16N2O2/c1-13(15-5-3-2-4-6-15)20-18(22)16(12-19)11-14-7-9-17(21)10-8-14/h2-11,13,21H,1H3,(H,20,22)/b16-11+/t13-/m0/s1. The van der Waals surface area contributed by atoms with Gasteiger partial charge in [-0.05, 0) is 36.3 Å². The molecule has 4 heteroatoms. The highest BCUT2D eigenvalue weighted by Crippen LogP contribution is 2.15. The van der Waals surface area contributed by atoms with Gasteiger partial charge in [-0.25, -0.2) is 0 Å². The van der Waals surface area contributed by atoms with Crippen LogP contribution in [-0.4, -0.2) is 11.0 Å². The number of phenols is 1. The van der Waals surface area contributed by atoms with E-state index in [0.29, 0.717) is 5.56 Å². The van der Waals surface area contributed by atoms with Crippen LogP contribution < -0.4 is 5.32 Å². The fraction of sp³-hybridized carbons (Fsp3) is 0.111. The zero-order valence-corrected chi connectivity index (χ0v) is 12.2. The Balaban J connectivity index is 2.12. The number of nitriles is 1. The Labute approximate surface area is 129 Å². The fourth-order valence-corrected chi connectivity index (χ4v) is 1.99. The van der Waals surface area contributed by atoms with Crippen molar-refractivity contribution in [1.82, 2.24) is 5.32 Å². The van der Waals surface area contributed by atoms with E-state index in [1.165, 1.54) is 18.2 Å². The minimum Gasteiger partial charge on any atom is -0.508 e. The van der Waals surface area contributed by atoms with Crippen LogP contribution in [0.4, 0.5) is 0 Å². The summed E-state index contributed by atoms with van der Waals surface area (Å²) in [6, 6.07) is 17.5. The molecule has 0 unspecified atom stereocenters. The van der Waals surface area contributed by atoms with Crippen LogP contribution in [0.5, 0.6) is 5.75 Å². The molecule has 0 saturated heterocycles. The Bertz CT molecular complexity index is 713. The van der Waals surface area contributed by atoms with Gasteiger partial charge in [-0.3, -0.25) is 4.79 Å². The summed E-state index contributed by atoms with van der Waals surface area (Å²) >= 11 is 0. The minimum atomic E-state index is -0.424. The molecule has 0 heterocycles. The van der Waals surface area contributed by atoms with Crippen LogP contribution >= 0.6 is 0 Å². The van der Waals surface area contributed by atoms with Gasteiger partial charge in [0.1, 0.15) is 17.4 Å². The average molecular weight is 292 g/mol. The number of carbonyl (C=O) groups excluding carboxylic acids is 1. The summed E-state index contributed by atoms with van der Waals surface area (Å²) in [6.45, 7) is 1.86. The minimum absolute atomic E-state index is 0.0217.